The molecule has 0 aromatic carbocycles. The Labute approximate surface area is 157 Å². The second-order valence-corrected chi connectivity index (χ2v) is 7.52. The average Bonchev–Trinajstić information content (AvgIpc) is 3.15. The van der Waals surface area contributed by atoms with Gasteiger partial charge in [-0.25, -0.2) is 0 Å². The van der Waals surface area contributed by atoms with E-state index >= 15 is 0 Å². The molecule has 26 heavy (non-hydrogen) atoms. The molecule has 5 nitrogen and oxygen atoms in total. The smallest absolute Gasteiger partial charge is 0.224 e. The number of nitrogens with zero attached hydrogens (tertiary/aromatic N) is 2. The first kappa shape index (κ1) is 20.5. The molecule has 5 heteroatoms. The molecule has 1 aliphatic rings. The molecule has 0 atom stereocenters. The summed E-state index contributed by atoms with van der Waals surface area (Å²) in [6, 6.07) is 3.71. The predicted octanol–water partition coefficient (Wildman–Crippen LogP) is 4.23. The van der Waals surface area contributed by atoms with Crippen LogP contribution >= 0.6 is 0 Å². The first-order valence-electron chi connectivity index (χ1n) is 10.2. The van der Waals surface area contributed by atoms with Crippen molar-refractivity contribution in [1.29, 1.82) is 0 Å². The van der Waals surface area contributed by atoms with Crippen LogP contribution in [-0.4, -0.2) is 41.2 Å². The largest absolute Gasteiger partial charge is 0.467 e. The van der Waals surface area contributed by atoms with E-state index < -0.39 is 0 Å². The molecule has 0 spiro atoms. The molecular weight excluding hydrogens is 328 g/mol. The number of carbonyl (C=O) groups excluding carboxylic acids is 2. The monoisotopic (exact) mass is 362 g/mol. The summed E-state index contributed by atoms with van der Waals surface area (Å²) < 4.78 is 5.40. The normalized spacial score (nSPS) is 15.2. The zero-order valence-electron chi connectivity index (χ0n) is 16.4. The molecular formula is C21H34N2O3. The highest BCUT2D eigenvalue weighted by molar-refractivity contribution is 5.79. The molecule has 1 saturated heterocycles. The Balaban J connectivity index is 1.84. The topological polar surface area (TPSA) is 53.8 Å². The lowest BCUT2D eigenvalue weighted by Crippen LogP contribution is -2.40. The minimum absolute atomic E-state index is 0.123. The van der Waals surface area contributed by atoms with Gasteiger partial charge in [-0.3, -0.25) is 9.59 Å². The number of furan rings is 1. The van der Waals surface area contributed by atoms with Gasteiger partial charge in [-0.05, 0) is 37.3 Å². The first-order valence-corrected chi connectivity index (χ1v) is 10.2. The average molecular weight is 363 g/mol. The minimum atomic E-state index is 0.123. The second-order valence-electron chi connectivity index (χ2n) is 7.52. The van der Waals surface area contributed by atoms with E-state index in [0.29, 0.717) is 31.8 Å². The summed E-state index contributed by atoms with van der Waals surface area (Å²) in [7, 11) is 0. The van der Waals surface area contributed by atoms with Crippen LogP contribution in [0, 0.1) is 5.92 Å². The van der Waals surface area contributed by atoms with Crippen molar-refractivity contribution in [3.05, 3.63) is 24.2 Å². The van der Waals surface area contributed by atoms with Crippen LogP contribution in [0.4, 0.5) is 0 Å². The summed E-state index contributed by atoms with van der Waals surface area (Å²) in [5.74, 6) is 1.77. The van der Waals surface area contributed by atoms with Crippen molar-refractivity contribution in [2.75, 3.05) is 19.6 Å². The van der Waals surface area contributed by atoms with E-state index in [1.54, 1.807) is 11.2 Å². The molecule has 1 aromatic heterocycles. The van der Waals surface area contributed by atoms with Gasteiger partial charge in [0.2, 0.25) is 11.8 Å². The van der Waals surface area contributed by atoms with E-state index in [0.717, 1.165) is 57.4 Å². The fourth-order valence-electron chi connectivity index (χ4n) is 3.39. The maximum atomic E-state index is 12.6. The number of unbranched alkanes of at least 4 members (excludes halogenated alkanes) is 3. The van der Waals surface area contributed by atoms with Crippen LogP contribution < -0.4 is 0 Å². The van der Waals surface area contributed by atoms with Crippen LogP contribution in [0.25, 0.3) is 0 Å². The van der Waals surface area contributed by atoms with Crippen molar-refractivity contribution < 1.29 is 14.0 Å². The van der Waals surface area contributed by atoms with Gasteiger partial charge in [-0.15, -0.1) is 0 Å². The molecule has 0 N–H and O–H groups in total. The van der Waals surface area contributed by atoms with E-state index in [9.17, 15) is 9.59 Å². The number of amides is 2. The van der Waals surface area contributed by atoms with Gasteiger partial charge >= 0.3 is 0 Å². The molecule has 0 bridgehead atoms. The van der Waals surface area contributed by atoms with E-state index in [4.69, 9.17) is 4.42 Å². The highest BCUT2D eigenvalue weighted by Gasteiger charge is 2.22. The van der Waals surface area contributed by atoms with E-state index in [1.807, 2.05) is 17.0 Å². The highest BCUT2D eigenvalue weighted by Crippen LogP contribution is 2.17. The van der Waals surface area contributed by atoms with Crippen LogP contribution in [0.5, 0.6) is 0 Å². The van der Waals surface area contributed by atoms with Gasteiger partial charge in [0, 0.05) is 32.5 Å². The quantitative estimate of drug-likeness (QED) is 0.585. The molecule has 0 unspecified atom stereocenters. The summed E-state index contributed by atoms with van der Waals surface area (Å²) >= 11 is 0. The van der Waals surface area contributed by atoms with Crippen molar-refractivity contribution in [2.24, 2.45) is 5.92 Å². The lowest BCUT2D eigenvalue weighted by Gasteiger charge is -2.31. The Morgan fingerprint density at radius 3 is 2.62 bits per heavy atom. The van der Waals surface area contributed by atoms with Gasteiger partial charge in [-0.2, -0.15) is 0 Å². The SMILES string of the molecule is CCCCCCC(=O)N(CCC(=O)N1CCC(C)CC1)Cc1ccco1. The van der Waals surface area contributed by atoms with Gasteiger partial charge in [0.05, 0.1) is 12.8 Å². The van der Waals surface area contributed by atoms with Crippen LogP contribution in [0.1, 0.15) is 71.0 Å². The summed E-state index contributed by atoms with van der Waals surface area (Å²) in [5.41, 5.74) is 0. The van der Waals surface area contributed by atoms with Crippen LogP contribution in [0.2, 0.25) is 0 Å². The third-order valence-corrected chi connectivity index (χ3v) is 5.26. The number of piperidine rings is 1. The molecule has 1 aliphatic heterocycles. The van der Waals surface area contributed by atoms with Gasteiger partial charge in [0.1, 0.15) is 5.76 Å². The number of rotatable bonds is 10. The molecule has 1 aromatic rings. The molecule has 146 valence electrons. The van der Waals surface area contributed by atoms with E-state index in [2.05, 4.69) is 13.8 Å². The second kappa shape index (κ2) is 11.0. The van der Waals surface area contributed by atoms with Crippen molar-refractivity contribution in [3.63, 3.8) is 0 Å². The lowest BCUT2D eigenvalue weighted by atomic mass is 9.99. The number of hydrogen-bond acceptors (Lipinski definition) is 3. The zero-order chi connectivity index (χ0) is 18.8. The van der Waals surface area contributed by atoms with Crippen molar-refractivity contribution >= 4 is 11.8 Å². The maximum absolute atomic E-state index is 12.6. The standard InChI is InChI=1S/C21H34N2O3/c1-3-4-5-6-9-20(24)23(17-19-8-7-16-26-19)15-12-21(25)22-13-10-18(2)11-14-22/h7-8,16,18H,3-6,9-15,17H2,1-2H3. The number of likely N-dealkylation sites (tertiary alicyclic amines) is 1. The van der Waals surface area contributed by atoms with Gasteiger partial charge < -0.3 is 14.2 Å². The Morgan fingerprint density at radius 2 is 1.96 bits per heavy atom. The first-order chi connectivity index (χ1) is 12.6. The summed E-state index contributed by atoms with van der Waals surface area (Å²) in [6.45, 7) is 7.02. The molecule has 0 radical (unpaired) electrons. The zero-order valence-corrected chi connectivity index (χ0v) is 16.4. The molecule has 2 amide bonds. The minimum Gasteiger partial charge on any atom is -0.467 e. The molecule has 0 saturated carbocycles. The van der Waals surface area contributed by atoms with E-state index in [1.165, 1.54) is 0 Å². The van der Waals surface area contributed by atoms with Crippen LogP contribution in [-0.2, 0) is 16.1 Å². The molecule has 1 fully saturated rings. The van der Waals surface area contributed by atoms with Gasteiger partial charge in [0.15, 0.2) is 0 Å². The Kier molecular flexibility index (Phi) is 8.72. The maximum Gasteiger partial charge on any atom is 0.224 e. The van der Waals surface area contributed by atoms with Gasteiger partial charge in [-0.1, -0.05) is 33.1 Å². The Hall–Kier alpha value is -1.78. The van der Waals surface area contributed by atoms with Crippen molar-refractivity contribution in [2.45, 2.75) is 71.8 Å². The molecule has 2 rings (SSSR count). The van der Waals surface area contributed by atoms with Gasteiger partial charge in [0.25, 0.3) is 0 Å². The lowest BCUT2D eigenvalue weighted by molar-refractivity contribution is -0.135. The van der Waals surface area contributed by atoms with E-state index in [-0.39, 0.29) is 11.8 Å². The Bertz CT molecular complexity index is 533. The summed E-state index contributed by atoms with van der Waals surface area (Å²) in [5, 5.41) is 0. The third-order valence-electron chi connectivity index (χ3n) is 5.26. The fraction of sp³-hybridized carbons (Fsp3) is 0.714. The third kappa shape index (κ3) is 6.85. The predicted molar refractivity (Wildman–Crippen MR) is 102 cm³/mol. The number of carbonyl (C=O) groups is 2. The molecule has 0 aliphatic carbocycles. The Morgan fingerprint density at radius 1 is 1.19 bits per heavy atom. The van der Waals surface area contributed by atoms with Crippen LogP contribution in [0.15, 0.2) is 22.8 Å². The summed E-state index contributed by atoms with van der Waals surface area (Å²) in [6.07, 6.45) is 9.06. The fourth-order valence-corrected chi connectivity index (χ4v) is 3.39. The van der Waals surface area contributed by atoms with Crippen molar-refractivity contribution in [1.82, 2.24) is 9.80 Å². The summed E-state index contributed by atoms with van der Waals surface area (Å²) in [4.78, 5) is 28.9. The highest BCUT2D eigenvalue weighted by atomic mass is 16.3. The molecule has 2 heterocycles. The number of hydrogen-bond donors (Lipinski definition) is 0. The van der Waals surface area contributed by atoms with Crippen molar-refractivity contribution in [3.8, 4) is 0 Å². The van der Waals surface area contributed by atoms with Crippen LogP contribution in [0.3, 0.4) is 0 Å².